The highest BCUT2D eigenvalue weighted by atomic mass is 19.1. The Hall–Kier alpha value is -2.69. The summed E-state index contributed by atoms with van der Waals surface area (Å²) in [5.41, 5.74) is 1.45. The molecule has 0 heterocycles. The van der Waals surface area contributed by atoms with Crippen LogP contribution in [0.25, 0.3) is 0 Å². The minimum absolute atomic E-state index is 0.0644. The van der Waals surface area contributed by atoms with E-state index in [0.717, 1.165) is 5.56 Å². The Balaban J connectivity index is 2.14. The Morgan fingerprint density at radius 2 is 1.72 bits per heavy atom. The summed E-state index contributed by atoms with van der Waals surface area (Å²) in [5, 5.41) is 2.55. The molecule has 2 aromatic carbocycles. The molecule has 0 bridgehead atoms. The quantitative estimate of drug-likeness (QED) is 0.841. The standard InChI is InChI=1S/C20H23FN2O2/c1-15(20(25)22-2)23(14-17-10-6-7-11-18(17)21)19(24)13-12-16-8-4-3-5-9-16/h3-11,15H,12-14H2,1-2H3,(H,22,25)/t15-/m1/s1. The van der Waals surface area contributed by atoms with Gasteiger partial charge in [-0.25, -0.2) is 4.39 Å². The monoisotopic (exact) mass is 342 g/mol. The van der Waals surface area contributed by atoms with Gasteiger partial charge in [0, 0.05) is 25.6 Å². The lowest BCUT2D eigenvalue weighted by Gasteiger charge is -2.28. The number of aryl methyl sites for hydroxylation is 1. The Labute approximate surface area is 147 Å². The van der Waals surface area contributed by atoms with Gasteiger partial charge in [-0.15, -0.1) is 0 Å². The van der Waals surface area contributed by atoms with Crippen molar-refractivity contribution < 1.29 is 14.0 Å². The number of rotatable bonds is 7. The zero-order chi connectivity index (χ0) is 18.2. The molecule has 0 radical (unpaired) electrons. The number of halogens is 1. The maximum absolute atomic E-state index is 14.0. The van der Waals surface area contributed by atoms with Gasteiger partial charge in [-0.1, -0.05) is 48.5 Å². The van der Waals surface area contributed by atoms with E-state index in [0.29, 0.717) is 12.0 Å². The van der Waals surface area contributed by atoms with Crippen molar-refractivity contribution in [3.63, 3.8) is 0 Å². The minimum atomic E-state index is -0.673. The summed E-state index contributed by atoms with van der Waals surface area (Å²) in [4.78, 5) is 26.2. The predicted octanol–water partition coefficient (Wildman–Crippen LogP) is 2.92. The third-order valence-corrected chi connectivity index (χ3v) is 4.18. The van der Waals surface area contributed by atoms with Gasteiger partial charge >= 0.3 is 0 Å². The zero-order valence-corrected chi connectivity index (χ0v) is 14.5. The second kappa shape index (κ2) is 8.97. The lowest BCUT2D eigenvalue weighted by atomic mass is 10.1. The first-order valence-electron chi connectivity index (χ1n) is 8.31. The fraction of sp³-hybridized carbons (Fsp3) is 0.300. The van der Waals surface area contributed by atoms with Gasteiger partial charge in [-0.3, -0.25) is 9.59 Å². The second-order valence-electron chi connectivity index (χ2n) is 5.89. The number of nitrogens with one attached hydrogen (secondary N) is 1. The molecule has 25 heavy (non-hydrogen) atoms. The summed E-state index contributed by atoms with van der Waals surface area (Å²) in [5.74, 6) is -0.833. The summed E-state index contributed by atoms with van der Waals surface area (Å²) in [6.45, 7) is 1.72. The lowest BCUT2D eigenvalue weighted by Crippen LogP contribution is -2.46. The Morgan fingerprint density at radius 3 is 2.36 bits per heavy atom. The Bertz CT molecular complexity index is 719. The molecule has 2 rings (SSSR count). The van der Waals surface area contributed by atoms with Crippen molar-refractivity contribution in [1.29, 1.82) is 0 Å². The van der Waals surface area contributed by atoms with Crippen molar-refractivity contribution in [3.8, 4) is 0 Å². The Morgan fingerprint density at radius 1 is 1.08 bits per heavy atom. The van der Waals surface area contributed by atoms with Crippen LogP contribution in [-0.2, 0) is 22.6 Å². The minimum Gasteiger partial charge on any atom is -0.357 e. The molecular weight excluding hydrogens is 319 g/mol. The summed E-state index contributed by atoms with van der Waals surface area (Å²) in [6, 6.07) is 15.3. The molecule has 1 N–H and O–H groups in total. The number of carbonyl (C=O) groups is 2. The van der Waals surface area contributed by atoms with E-state index in [1.54, 1.807) is 25.1 Å². The van der Waals surface area contributed by atoms with E-state index in [2.05, 4.69) is 5.32 Å². The summed E-state index contributed by atoms with van der Waals surface area (Å²) >= 11 is 0. The number of amides is 2. The fourth-order valence-electron chi connectivity index (χ4n) is 2.64. The molecule has 4 nitrogen and oxygen atoms in total. The molecule has 0 aliphatic heterocycles. The number of nitrogens with zero attached hydrogens (tertiary/aromatic N) is 1. The molecule has 0 unspecified atom stereocenters. The molecule has 0 fully saturated rings. The molecule has 0 aliphatic rings. The molecular formula is C20H23FN2O2. The SMILES string of the molecule is CNC(=O)[C@@H](C)N(Cc1ccccc1F)C(=O)CCc1ccccc1. The van der Waals surface area contributed by atoms with E-state index in [-0.39, 0.29) is 30.6 Å². The first kappa shape index (κ1) is 18.6. The molecule has 2 amide bonds. The third kappa shape index (κ3) is 5.14. The van der Waals surface area contributed by atoms with Gasteiger partial charge in [0.1, 0.15) is 11.9 Å². The van der Waals surface area contributed by atoms with Crippen LogP contribution in [0.5, 0.6) is 0 Å². The molecule has 0 aromatic heterocycles. The van der Waals surface area contributed by atoms with Gasteiger partial charge in [0.25, 0.3) is 0 Å². The molecule has 2 aromatic rings. The van der Waals surface area contributed by atoms with Crippen molar-refractivity contribution in [1.82, 2.24) is 10.2 Å². The van der Waals surface area contributed by atoms with Crippen LogP contribution in [0.4, 0.5) is 4.39 Å². The number of carbonyl (C=O) groups excluding carboxylic acids is 2. The van der Waals surface area contributed by atoms with Gasteiger partial charge in [-0.2, -0.15) is 0 Å². The first-order valence-corrected chi connectivity index (χ1v) is 8.31. The summed E-state index contributed by atoms with van der Waals surface area (Å²) < 4.78 is 14.0. The van der Waals surface area contributed by atoms with Crippen LogP contribution < -0.4 is 5.32 Å². The van der Waals surface area contributed by atoms with Crippen molar-refractivity contribution in [2.45, 2.75) is 32.4 Å². The zero-order valence-electron chi connectivity index (χ0n) is 14.5. The molecule has 132 valence electrons. The van der Waals surface area contributed by atoms with E-state index in [1.165, 1.54) is 18.0 Å². The van der Waals surface area contributed by atoms with Crippen LogP contribution in [0.3, 0.4) is 0 Å². The van der Waals surface area contributed by atoms with Crippen molar-refractivity contribution in [2.75, 3.05) is 7.05 Å². The van der Waals surface area contributed by atoms with Crippen molar-refractivity contribution >= 4 is 11.8 Å². The fourth-order valence-corrected chi connectivity index (χ4v) is 2.64. The van der Waals surface area contributed by atoms with E-state index in [4.69, 9.17) is 0 Å². The predicted molar refractivity (Wildman–Crippen MR) is 95.2 cm³/mol. The number of hydrogen-bond donors (Lipinski definition) is 1. The highest BCUT2D eigenvalue weighted by Gasteiger charge is 2.25. The van der Waals surface area contributed by atoms with E-state index in [1.807, 2.05) is 30.3 Å². The molecule has 0 saturated carbocycles. The van der Waals surface area contributed by atoms with Crippen LogP contribution in [0.1, 0.15) is 24.5 Å². The van der Waals surface area contributed by atoms with Crippen LogP contribution in [0, 0.1) is 5.82 Å². The van der Waals surface area contributed by atoms with Crippen molar-refractivity contribution in [3.05, 3.63) is 71.5 Å². The molecule has 0 spiro atoms. The van der Waals surface area contributed by atoms with Gasteiger partial charge in [0.15, 0.2) is 0 Å². The van der Waals surface area contributed by atoms with Crippen LogP contribution >= 0.6 is 0 Å². The van der Waals surface area contributed by atoms with Crippen LogP contribution in [-0.4, -0.2) is 29.8 Å². The van der Waals surface area contributed by atoms with Crippen LogP contribution in [0.2, 0.25) is 0 Å². The normalized spacial score (nSPS) is 11.6. The molecule has 1 atom stereocenters. The van der Waals surface area contributed by atoms with Gasteiger partial charge in [0.05, 0.1) is 0 Å². The first-order chi connectivity index (χ1) is 12.0. The summed E-state index contributed by atoms with van der Waals surface area (Å²) in [7, 11) is 1.52. The maximum atomic E-state index is 14.0. The lowest BCUT2D eigenvalue weighted by molar-refractivity contribution is -0.140. The highest BCUT2D eigenvalue weighted by molar-refractivity contribution is 5.87. The largest absolute Gasteiger partial charge is 0.357 e. The van der Waals surface area contributed by atoms with E-state index >= 15 is 0 Å². The topological polar surface area (TPSA) is 49.4 Å². The second-order valence-corrected chi connectivity index (χ2v) is 5.89. The molecule has 0 saturated heterocycles. The molecule has 5 heteroatoms. The van der Waals surface area contributed by atoms with E-state index in [9.17, 15) is 14.0 Å². The van der Waals surface area contributed by atoms with E-state index < -0.39 is 6.04 Å². The maximum Gasteiger partial charge on any atom is 0.242 e. The van der Waals surface area contributed by atoms with Crippen LogP contribution in [0.15, 0.2) is 54.6 Å². The van der Waals surface area contributed by atoms with Crippen molar-refractivity contribution in [2.24, 2.45) is 0 Å². The van der Waals surface area contributed by atoms with Gasteiger partial charge in [0.2, 0.25) is 11.8 Å². The number of benzene rings is 2. The average molecular weight is 342 g/mol. The number of hydrogen-bond acceptors (Lipinski definition) is 2. The smallest absolute Gasteiger partial charge is 0.242 e. The van der Waals surface area contributed by atoms with Gasteiger partial charge in [-0.05, 0) is 25.0 Å². The number of likely N-dealkylation sites (N-methyl/N-ethyl adjacent to an activating group) is 1. The average Bonchev–Trinajstić information content (AvgIpc) is 2.65. The highest BCUT2D eigenvalue weighted by Crippen LogP contribution is 2.15. The third-order valence-electron chi connectivity index (χ3n) is 4.18. The molecule has 0 aliphatic carbocycles. The van der Waals surface area contributed by atoms with Gasteiger partial charge < -0.3 is 10.2 Å². The summed E-state index contributed by atoms with van der Waals surface area (Å²) in [6.07, 6.45) is 0.841. The Kier molecular flexibility index (Phi) is 6.69.